The van der Waals surface area contributed by atoms with Crippen molar-refractivity contribution in [3.8, 4) is 0 Å². The largest absolute Gasteiger partial charge is 0.339 e. The van der Waals surface area contributed by atoms with Gasteiger partial charge in [0, 0.05) is 5.56 Å². The first-order chi connectivity index (χ1) is 7.32. The maximum absolute atomic E-state index is 5.98. The summed E-state index contributed by atoms with van der Waals surface area (Å²) in [4.78, 5) is 0. The highest BCUT2D eigenvalue weighted by molar-refractivity contribution is 5.24. The van der Waals surface area contributed by atoms with Gasteiger partial charge in [-0.1, -0.05) is 29.8 Å². The molecule has 88 valence electrons. The van der Waals surface area contributed by atoms with E-state index in [1.54, 1.807) is 0 Å². The Balaban J connectivity index is 2.27. The standard InChI is InChI=1S/C14H20O2/c1-10-7-6-8-11(9-10)12-15-13(2,3)14(4,5)16-12/h6-9,12H,1-5H3. The molecule has 0 amide bonds. The van der Waals surface area contributed by atoms with Gasteiger partial charge in [0.25, 0.3) is 0 Å². The summed E-state index contributed by atoms with van der Waals surface area (Å²) in [5.74, 6) is 0. The minimum absolute atomic E-state index is 0.245. The van der Waals surface area contributed by atoms with Crippen LogP contribution in [0.3, 0.4) is 0 Å². The minimum Gasteiger partial charge on any atom is -0.339 e. The van der Waals surface area contributed by atoms with Crippen molar-refractivity contribution in [2.75, 3.05) is 0 Å². The molecular formula is C14H20O2. The Kier molecular flexibility index (Phi) is 2.59. The van der Waals surface area contributed by atoms with Gasteiger partial charge in [0.1, 0.15) is 0 Å². The van der Waals surface area contributed by atoms with E-state index in [1.807, 2.05) is 6.07 Å². The highest BCUT2D eigenvalue weighted by Crippen LogP contribution is 2.44. The van der Waals surface area contributed by atoms with Gasteiger partial charge in [-0.25, -0.2) is 0 Å². The van der Waals surface area contributed by atoms with E-state index in [0.29, 0.717) is 0 Å². The molecule has 0 radical (unpaired) electrons. The van der Waals surface area contributed by atoms with E-state index in [1.165, 1.54) is 5.56 Å². The van der Waals surface area contributed by atoms with Crippen LogP contribution in [0.2, 0.25) is 0 Å². The van der Waals surface area contributed by atoms with E-state index in [4.69, 9.17) is 9.47 Å². The first kappa shape index (κ1) is 11.6. The number of hydrogen-bond acceptors (Lipinski definition) is 2. The molecule has 1 fully saturated rings. The molecule has 0 N–H and O–H groups in total. The van der Waals surface area contributed by atoms with E-state index < -0.39 is 0 Å². The van der Waals surface area contributed by atoms with Crippen LogP contribution in [0, 0.1) is 6.92 Å². The lowest BCUT2D eigenvalue weighted by molar-refractivity contribution is -0.0895. The second-order valence-corrected chi connectivity index (χ2v) is 5.50. The molecule has 0 bridgehead atoms. The molecule has 0 saturated carbocycles. The maximum atomic E-state index is 5.98. The van der Waals surface area contributed by atoms with Crippen LogP contribution < -0.4 is 0 Å². The van der Waals surface area contributed by atoms with Crippen molar-refractivity contribution >= 4 is 0 Å². The topological polar surface area (TPSA) is 18.5 Å². The number of rotatable bonds is 1. The van der Waals surface area contributed by atoms with Crippen molar-refractivity contribution in [1.82, 2.24) is 0 Å². The number of benzene rings is 1. The van der Waals surface area contributed by atoms with E-state index in [0.717, 1.165) is 5.56 Å². The second kappa shape index (κ2) is 3.57. The predicted molar refractivity (Wildman–Crippen MR) is 64.2 cm³/mol. The van der Waals surface area contributed by atoms with Gasteiger partial charge >= 0.3 is 0 Å². The quantitative estimate of drug-likeness (QED) is 0.720. The third kappa shape index (κ3) is 1.87. The molecular weight excluding hydrogens is 200 g/mol. The molecule has 1 heterocycles. The Morgan fingerprint density at radius 2 is 1.56 bits per heavy atom. The summed E-state index contributed by atoms with van der Waals surface area (Å²) in [6, 6.07) is 8.28. The zero-order valence-electron chi connectivity index (χ0n) is 10.7. The molecule has 16 heavy (non-hydrogen) atoms. The predicted octanol–water partition coefficient (Wildman–Crippen LogP) is 3.60. The van der Waals surface area contributed by atoms with Gasteiger partial charge in [-0.05, 0) is 34.6 Å². The average Bonchev–Trinajstić information content (AvgIpc) is 2.36. The van der Waals surface area contributed by atoms with Crippen LogP contribution in [0.1, 0.15) is 45.1 Å². The molecule has 0 atom stereocenters. The van der Waals surface area contributed by atoms with Crippen molar-refractivity contribution in [1.29, 1.82) is 0 Å². The minimum atomic E-state index is -0.262. The molecule has 0 unspecified atom stereocenters. The lowest BCUT2D eigenvalue weighted by Crippen LogP contribution is -2.41. The van der Waals surface area contributed by atoms with Crippen LogP contribution >= 0.6 is 0 Å². The second-order valence-electron chi connectivity index (χ2n) is 5.50. The monoisotopic (exact) mass is 220 g/mol. The number of ether oxygens (including phenoxy) is 2. The highest BCUT2D eigenvalue weighted by Gasteiger charge is 2.49. The summed E-state index contributed by atoms with van der Waals surface area (Å²) in [6.07, 6.45) is -0.245. The fourth-order valence-corrected chi connectivity index (χ4v) is 1.80. The zero-order valence-corrected chi connectivity index (χ0v) is 10.7. The summed E-state index contributed by atoms with van der Waals surface area (Å²) >= 11 is 0. The van der Waals surface area contributed by atoms with Gasteiger partial charge in [-0.3, -0.25) is 0 Å². The van der Waals surface area contributed by atoms with Crippen LogP contribution in [0.4, 0.5) is 0 Å². The van der Waals surface area contributed by atoms with Crippen molar-refractivity contribution in [3.63, 3.8) is 0 Å². The lowest BCUT2D eigenvalue weighted by Gasteiger charge is -2.30. The molecule has 0 spiro atoms. The SMILES string of the molecule is Cc1cccc(C2OC(C)(C)C(C)(C)O2)c1. The van der Waals surface area contributed by atoms with Crippen LogP contribution in [0.25, 0.3) is 0 Å². The zero-order chi connectivity index (χ0) is 12.0. The van der Waals surface area contributed by atoms with Gasteiger partial charge < -0.3 is 9.47 Å². The number of hydrogen-bond donors (Lipinski definition) is 0. The number of aryl methyl sites for hydroxylation is 1. The first-order valence-electron chi connectivity index (χ1n) is 5.74. The lowest BCUT2D eigenvalue weighted by atomic mass is 9.90. The Hall–Kier alpha value is -0.860. The average molecular weight is 220 g/mol. The molecule has 1 saturated heterocycles. The highest BCUT2D eigenvalue weighted by atomic mass is 16.7. The fraction of sp³-hybridized carbons (Fsp3) is 0.571. The van der Waals surface area contributed by atoms with Crippen molar-refractivity contribution in [2.24, 2.45) is 0 Å². The summed E-state index contributed by atoms with van der Waals surface area (Å²) in [6.45, 7) is 10.4. The molecule has 1 aliphatic heterocycles. The maximum Gasteiger partial charge on any atom is 0.185 e. The normalized spacial score (nSPS) is 23.6. The van der Waals surface area contributed by atoms with Crippen LogP contribution in [0.15, 0.2) is 24.3 Å². The van der Waals surface area contributed by atoms with Gasteiger partial charge in [0.2, 0.25) is 0 Å². The summed E-state index contributed by atoms with van der Waals surface area (Å²) < 4.78 is 12.0. The summed E-state index contributed by atoms with van der Waals surface area (Å²) in [5, 5.41) is 0. The Morgan fingerprint density at radius 1 is 1.00 bits per heavy atom. The van der Waals surface area contributed by atoms with Crippen molar-refractivity contribution < 1.29 is 9.47 Å². The summed E-state index contributed by atoms with van der Waals surface area (Å²) in [7, 11) is 0. The van der Waals surface area contributed by atoms with Crippen molar-refractivity contribution in [3.05, 3.63) is 35.4 Å². The van der Waals surface area contributed by atoms with Crippen molar-refractivity contribution in [2.45, 2.75) is 52.1 Å². The third-order valence-corrected chi connectivity index (χ3v) is 3.57. The van der Waals surface area contributed by atoms with Gasteiger partial charge in [-0.2, -0.15) is 0 Å². The summed E-state index contributed by atoms with van der Waals surface area (Å²) in [5.41, 5.74) is 1.80. The van der Waals surface area contributed by atoms with E-state index in [2.05, 4.69) is 52.8 Å². The molecule has 1 aromatic carbocycles. The van der Waals surface area contributed by atoms with E-state index in [-0.39, 0.29) is 17.5 Å². The van der Waals surface area contributed by atoms with E-state index in [9.17, 15) is 0 Å². The molecule has 1 aromatic rings. The van der Waals surface area contributed by atoms with Crippen LogP contribution in [0.5, 0.6) is 0 Å². The fourth-order valence-electron chi connectivity index (χ4n) is 1.80. The molecule has 0 aliphatic carbocycles. The van der Waals surface area contributed by atoms with Gasteiger partial charge in [0.15, 0.2) is 6.29 Å². The smallest absolute Gasteiger partial charge is 0.185 e. The van der Waals surface area contributed by atoms with Gasteiger partial charge in [0.05, 0.1) is 11.2 Å². The molecule has 2 nitrogen and oxygen atoms in total. The molecule has 2 rings (SSSR count). The van der Waals surface area contributed by atoms with E-state index >= 15 is 0 Å². The molecule has 1 aliphatic rings. The Labute approximate surface area is 97.6 Å². The Bertz CT molecular complexity index is 377. The molecule has 2 heteroatoms. The van der Waals surface area contributed by atoms with Crippen LogP contribution in [-0.2, 0) is 9.47 Å². The Morgan fingerprint density at radius 3 is 2.06 bits per heavy atom. The first-order valence-corrected chi connectivity index (χ1v) is 5.74. The van der Waals surface area contributed by atoms with Crippen LogP contribution in [-0.4, -0.2) is 11.2 Å². The molecule has 0 aromatic heterocycles. The third-order valence-electron chi connectivity index (χ3n) is 3.57. The van der Waals surface area contributed by atoms with Gasteiger partial charge in [-0.15, -0.1) is 0 Å².